The molecule has 158 valence electrons. The average molecular weight is 416 g/mol. The third-order valence-electron chi connectivity index (χ3n) is 4.92. The summed E-state index contributed by atoms with van der Waals surface area (Å²) in [5.41, 5.74) is 1.30. The Balaban J connectivity index is 1.60. The second-order valence-electron chi connectivity index (χ2n) is 7.15. The smallest absolute Gasteiger partial charge is 0.235 e. The van der Waals surface area contributed by atoms with Crippen molar-refractivity contribution in [3.8, 4) is 23.0 Å². The summed E-state index contributed by atoms with van der Waals surface area (Å²) in [6.07, 6.45) is -0.131. The SMILES string of the molecule is CCOc1ccc(Oc2c(C)oc3cc(O[C@H](C)c4ccccc4)ccc3c2=O)cc1. The Morgan fingerprint density at radius 2 is 1.58 bits per heavy atom. The zero-order valence-corrected chi connectivity index (χ0v) is 17.8. The lowest BCUT2D eigenvalue weighted by atomic mass is 10.1. The summed E-state index contributed by atoms with van der Waals surface area (Å²) in [7, 11) is 0. The normalized spacial score (nSPS) is 11.8. The molecule has 4 rings (SSSR count). The lowest BCUT2D eigenvalue weighted by Crippen LogP contribution is -2.08. The number of aryl methyl sites for hydroxylation is 1. The topological polar surface area (TPSA) is 57.9 Å². The number of benzene rings is 3. The highest BCUT2D eigenvalue weighted by molar-refractivity contribution is 5.79. The molecule has 0 aliphatic rings. The number of ether oxygens (including phenoxy) is 3. The Bertz CT molecular complexity index is 1230. The molecule has 1 atom stereocenters. The first-order valence-electron chi connectivity index (χ1n) is 10.2. The van der Waals surface area contributed by atoms with Crippen LogP contribution in [0.25, 0.3) is 11.0 Å². The van der Waals surface area contributed by atoms with Crippen LogP contribution in [0.4, 0.5) is 0 Å². The summed E-state index contributed by atoms with van der Waals surface area (Å²) >= 11 is 0. The predicted molar refractivity (Wildman–Crippen MR) is 120 cm³/mol. The lowest BCUT2D eigenvalue weighted by molar-refractivity contribution is 0.227. The Hall–Kier alpha value is -3.73. The molecular formula is C26H24O5. The van der Waals surface area contributed by atoms with Crippen molar-refractivity contribution in [2.45, 2.75) is 26.9 Å². The van der Waals surface area contributed by atoms with Gasteiger partial charge in [-0.1, -0.05) is 30.3 Å². The van der Waals surface area contributed by atoms with Gasteiger partial charge in [0.2, 0.25) is 11.2 Å². The number of hydrogen-bond donors (Lipinski definition) is 0. The van der Waals surface area contributed by atoms with E-state index in [-0.39, 0.29) is 17.3 Å². The average Bonchev–Trinajstić information content (AvgIpc) is 2.78. The Labute approximate surface area is 180 Å². The summed E-state index contributed by atoms with van der Waals surface area (Å²) in [5.74, 6) is 2.48. The van der Waals surface area contributed by atoms with Crippen LogP contribution in [-0.4, -0.2) is 6.61 Å². The number of rotatable bonds is 7. The third-order valence-corrected chi connectivity index (χ3v) is 4.92. The molecule has 31 heavy (non-hydrogen) atoms. The fourth-order valence-corrected chi connectivity index (χ4v) is 3.34. The van der Waals surface area contributed by atoms with Crippen LogP contribution >= 0.6 is 0 Å². The van der Waals surface area contributed by atoms with Gasteiger partial charge in [0.15, 0.2) is 0 Å². The van der Waals surface area contributed by atoms with Crippen LogP contribution in [0.1, 0.15) is 31.3 Å². The maximum absolute atomic E-state index is 13.0. The van der Waals surface area contributed by atoms with Crippen LogP contribution in [0, 0.1) is 6.92 Å². The molecule has 5 nitrogen and oxygen atoms in total. The van der Waals surface area contributed by atoms with Gasteiger partial charge >= 0.3 is 0 Å². The van der Waals surface area contributed by atoms with Gasteiger partial charge in [0.25, 0.3) is 0 Å². The highest BCUT2D eigenvalue weighted by atomic mass is 16.5. The molecule has 0 radical (unpaired) electrons. The fraction of sp³-hybridized carbons (Fsp3) is 0.192. The van der Waals surface area contributed by atoms with Crippen LogP contribution in [0.15, 0.2) is 82.0 Å². The summed E-state index contributed by atoms with van der Waals surface area (Å²) in [6, 6.07) is 22.3. The van der Waals surface area contributed by atoms with E-state index in [4.69, 9.17) is 18.6 Å². The molecule has 1 heterocycles. The summed E-state index contributed by atoms with van der Waals surface area (Å²) in [5, 5.41) is 0.436. The van der Waals surface area contributed by atoms with Crippen molar-refractivity contribution in [3.05, 3.63) is 94.3 Å². The van der Waals surface area contributed by atoms with Gasteiger partial charge in [-0.15, -0.1) is 0 Å². The highest BCUT2D eigenvalue weighted by Gasteiger charge is 2.15. The second-order valence-corrected chi connectivity index (χ2v) is 7.15. The summed E-state index contributed by atoms with van der Waals surface area (Å²) in [6.45, 7) is 6.20. The maximum Gasteiger partial charge on any atom is 0.235 e. The molecule has 0 aliphatic heterocycles. The van der Waals surface area contributed by atoms with Gasteiger partial charge in [-0.25, -0.2) is 0 Å². The lowest BCUT2D eigenvalue weighted by Gasteiger charge is -2.15. The Morgan fingerprint density at radius 1 is 0.903 bits per heavy atom. The molecular weight excluding hydrogens is 392 g/mol. The van der Waals surface area contributed by atoms with Crippen LogP contribution in [-0.2, 0) is 0 Å². The zero-order valence-electron chi connectivity index (χ0n) is 17.8. The van der Waals surface area contributed by atoms with Gasteiger partial charge in [-0.3, -0.25) is 4.79 Å². The van der Waals surface area contributed by atoms with Gasteiger partial charge in [-0.2, -0.15) is 0 Å². The molecule has 0 aliphatic carbocycles. The van der Waals surface area contributed by atoms with E-state index in [1.165, 1.54) is 0 Å². The second kappa shape index (κ2) is 8.96. The molecule has 5 heteroatoms. The Kier molecular flexibility index (Phi) is 5.94. The molecule has 3 aromatic carbocycles. The van der Waals surface area contributed by atoms with Crippen molar-refractivity contribution in [1.29, 1.82) is 0 Å². The number of hydrogen-bond acceptors (Lipinski definition) is 5. The highest BCUT2D eigenvalue weighted by Crippen LogP contribution is 2.29. The van der Waals surface area contributed by atoms with E-state index < -0.39 is 0 Å². The minimum atomic E-state index is -0.227. The summed E-state index contributed by atoms with van der Waals surface area (Å²) < 4.78 is 23.2. The molecule has 1 aromatic heterocycles. The van der Waals surface area contributed by atoms with Crippen molar-refractivity contribution in [1.82, 2.24) is 0 Å². The fourth-order valence-electron chi connectivity index (χ4n) is 3.34. The molecule has 0 N–H and O–H groups in total. The van der Waals surface area contributed by atoms with Gasteiger partial charge in [0, 0.05) is 6.07 Å². The minimum absolute atomic E-state index is 0.131. The molecule has 0 amide bonds. The van der Waals surface area contributed by atoms with E-state index >= 15 is 0 Å². The first-order chi connectivity index (χ1) is 15.0. The van der Waals surface area contributed by atoms with Crippen molar-refractivity contribution in [2.75, 3.05) is 6.61 Å². The van der Waals surface area contributed by atoms with Crippen LogP contribution in [0.3, 0.4) is 0 Å². The van der Waals surface area contributed by atoms with Crippen molar-refractivity contribution in [2.24, 2.45) is 0 Å². The van der Waals surface area contributed by atoms with Crippen molar-refractivity contribution < 1.29 is 18.6 Å². The first-order valence-corrected chi connectivity index (χ1v) is 10.2. The first kappa shape index (κ1) is 20.5. The van der Waals surface area contributed by atoms with E-state index in [1.54, 1.807) is 49.4 Å². The quantitative estimate of drug-likeness (QED) is 0.347. The molecule has 0 saturated carbocycles. The van der Waals surface area contributed by atoms with E-state index in [9.17, 15) is 4.79 Å². The van der Waals surface area contributed by atoms with E-state index in [0.717, 1.165) is 11.3 Å². The van der Waals surface area contributed by atoms with Crippen molar-refractivity contribution in [3.63, 3.8) is 0 Å². The van der Waals surface area contributed by atoms with Gasteiger partial charge in [-0.05, 0) is 62.7 Å². The largest absolute Gasteiger partial charge is 0.494 e. The molecule has 0 saturated heterocycles. The van der Waals surface area contributed by atoms with E-state index in [2.05, 4.69) is 0 Å². The van der Waals surface area contributed by atoms with Gasteiger partial charge in [0.05, 0.1) is 12.0 Å². The van der Waals surface area contributed by atoms with E-state index in [1.807, 2.05) is 44.2 Å². The van der Waals surface area contributed by atoms with Crippen LogP contribution in [0.2, 0.25) is 0 Å². The summed E-state index contributed by atoms with van der Waals surface area (Å²) in [4.78, 5) is 13.0. The third kappa shape index (κ3) is 4.56. The van der Waals surface area contributed by atoms with E-state index in [0.29, 0.717) is 34.8 Å². The standard InChI is InChI=1S/C26H24O5/c1-4-28-20-10-12-21(13-11-20)31-26-18(3)30-24-16-22(14-15-23(24)25(26)27)29-17(2)19-8-6-5-7-9-19/h5-17H,4H2,1-3H3/t17-/m1/s1. The molecule has 0 fully saturated rings. The molecule has 0 unspecified atom stereocenters. The van der Waals surface area contributed by atoms with Gasteiger partial charge in [0.1, 0.15) is 34.7 Å². The Morgan fingerprint density at radius 3 is 2.29 bits per heavy atom. The minimum Gasteiger partial charge on any atom is -0.494 e. The van der Waals surface area contributed by atoms with Crippen LogP contribution < -0.4 is 19.6 Å². The van der Waals surface area contributed by atoms with Gasteiger partial charge < -0.3 is 18.6 Å². The predicted octanol–water partition coefficient (Wildman–Crippen LogP) is 6.43. The molecule has 4 aromatic rings. The van der Waals surface area contributed by atoms with Crippen LogP contribution in [0.5, 0.6) is 23.0 Å². The monoisotopic (exact) mass is 416 g/mol. The molecule has 0 bridgehead atoms. The number of fused-ring (bicyclic) bond motifs is 1. The molecule has 0 spiro atoms. The van der Waals surface area contributed by atoms with Crippen molar-refractivity contribution >= 4 is 11.0 Å². The maximum atomic E-state index is 13.0. The zero-order chi connectivity index (χ0) is 21.8.